The highest BCUT2D eigenvalue weighted by atomic mass is 35.5. The molecule has 0 fully saturated rings. The van der Waals surface area contributed by atoms with E-state index in [9.17, 15) is 18.3 Å². The number of aromatic hydroxyl groups is 1. The Hall–Kier alpha value is -3.95. The quantitative estimate of drug-likeness (QED) is 0.254. The molecule has 0 saturated heterocycles. The number of carbonyl (C=O) groups excluding carboxylic acids is 1. The van der Waals surface area contributed by atoms with Gasteiger partial charge in [0, 0.05) is 21.4 Å². The standard InChI is InChI=1S/C24H18ClN3O5S/c1-33-17-9-11-18(12-10-17)34(31,32)28-21-14-22(23(29)20-8-3-2-7-19(20)21)26-27-24(30)15-5-4-6-16(25)13-15/h2-14,28-29H,1H3. The molecule has 4 rings (SSSR count). The minimum Gasteiger partial charge on any atom is -0.505 e. The lowest BCUT2D eigenvalue weighted by molar-refractivity contribution is 0.0995. The summed E-state index contributed by atoms with van der Waals surface area (Å²) >= 11 is 5.91. The Morgan fingerprint density at radius 1 is 0.971 bits per heavy atom. The number of phenolic OH excluding ortho intramolecular Hbond substituents is 1. The monoisotopic (exact) mass is 495 g/mol. The molecule has 1 amide bonds. The Balaban J connectivity index is 1.74. The van der Waals surface area contributed by atoms with Crippen LogP contribution in [0.5, 0.6) is 11.5 Å². The first-order chi connectivity index (χ1) is 16.3. The molecule has 0 aliphatic heterocycles. The van der Waals surface area contributed by atoms with Gasteiger partial charge < -0.3 is 9.84 Å². The molecule has 34 heavy (non-hydrogen) atoms. The molecule has 0 spiro atoms. The van der Waals surface area contributed by atoms with Crippen molar-refractivity contribution in [2.75, 3.05) is 11.8 Å². The topological polar surface area (TPSA) is 117 Å². The number of benzene rings is 4. The lowest BCUT2D eigenvalue weighted by Gasteiger charge is -2.13. The van der Waals surface area contributed by atoms with Crippen molar-refractivity contribution in [3.8, 4) is 11.5 Å². The second kappa shape index (κ2) is 9.50. The molecule has 8 nitrogen and oxygen atoms in total. The van der Waals surface area contributed by atoms with Crippen molar-refractivity contribution < 1.29 is 23.1 Å². The average molecular weight is 496 g/mol. The Morgan fingerprint density at radius 2 is 1.68 bits per heavy atom. The molecular formula is C24H18ClN3O5S. The van der Waals surface area contributed by atoms with Gasteiger partial charge in [-0.15, -0.1) is 10.2 Å². The summed E-state index contributed by atoms with van der Waals surface area (Å²) in [7, 11) is -2.50. The van der Waals surface area contributed by atoms with Crippen LogP contribution < -0.4 is 9.46 Å². The largest absolute Gasteiger partial charge is 0.505 e. The zero-order valence-electron chi connectivity index (χ0n) is 17.8. The first kappa shape index (κ1) is 23.2. The van der Waals surface area contributed by atoms with Crippen molar-refractivity contribution in [1.82, 2.24) is 0 Å². The Bertz CT molecular complexity index is 1520. The van der Waals surface area contributed by atoms with E-state index < -0.39 is 15.9 Å². The third kappa shape index (κ3) is 4.85. The second-order valence-electron chi connectivity index (χ2n) is 7.13. The van der Waals surface area contributed by atoms with Crippen molar-refractivity contribution in [3.63, 3.8) is 0 Å². The van der Waals surface area contributed by atoms with Crippen molar-refractivity contribution in [3.05, 3.63) is 89.4 Å². The predicted molar refractivity (Wildman–Crippen MR) is 130 cm³/mol. The van der Waals surface area contributed by atoms with Crippen LogP contribution >= 0.6 is 11.6 Å². The van der Waals surface area contributed by atoms with Gasteiger partial charge in [-0.3, -0.25) is 9.52 Å². The summed E-state index contributed by atoms with van der Waals surface area (Å²) in [6.45, 7) is 0. The number of azo groups is 1. The van der Waals surface area contributed by atoms with Crippen LogP contribution in [0.1, 0.15) is 10.4 Å². The number of anilines is 1. The Morgan fingerprint density at radius 3 is 2.35 bits per heavy atom. The average Bonchev–Trinajstić information content (AvgIpc) is 2.84. The van der Waals surface area contributed by atoms with Crippen LogP contribution in [0.2, 0.25) is 5.02 Å². The third-order valence-corrected chi connectivity index (χ3v) is 6.55. The van der Waals surface area contributed by atoms with Crippen LogP contribution in [0.25, 0.3) is 10.8 Å². The van der Waals surface area contributed by atoms with E-state index in [1.807, 2.05) is 0 Å². The lowest BCUT2D eigenvalue weighted by atomic mass is 10.1. The number of hydrogen-bond acceptors (Lipinski definition) is 6. The van der Waals surface area contributed by atoms with Gasteiger partial charge in [-0.05, 0) is 48.5 Å². The van der Waals surface area contributed by atoms with Gasteiger partial charge in [0.25, 0.3) is 15.9 Å². The smallest absolute Gasteiger partial charge is 0.295 e. The van der Waals surface area contributed by atoms with Crippen LogP contribution in [-0.4, -0.2) is 26.5 Å². The number of methoxy groups -OCH3 is 1. The first-order valence-corrected chi connectivity index (χ1v) is 11.8. The zero-order valence-corrected chi connectivity index (χ0v) is 19.3. The van der Waals surface area contributed by atoms with Gasteiger partial charge in [0.2, 0.25) is 0 Å². The molecule has 0 aromatic heterocycles. The number of rotatable bonds is 6. The first-order valence-electron chi connectivity index (χ1n) is 9.92. The lowest BCUT2D eigenvalue weighted by Crippen LogP contribution is -2.13. The van der Waals surface area contributed by atoms with Gasteiger partial charge in [0.05, 0.1) is 17.7 Å². The molecule has 0 bridgehead atoms. The number of amides is 1. The number of fused-ring (bicyclic) bond motifs is 1. The van der Waals surface area contributed by atoms with Gasteiger partial charge in [-0.25, -0.2) is 8.42 Å². The van der Waals surface area contributed by atoms with E-state index in [1.165, 1.54) is 49.6 Å². The normalized spacial score (nSPS) is 11.6. The number of carbonyl (C=O) groups is 1. The van der Waals surface area contributed by atoms with Crippen molar-refractivity contribution >= 4 is 49.7 Å². The minimum atomic E-state index is -3.98. The van der Waals surface area contributed by atoms with Gasteiger partial charge in [0.15, 0.2) is 5.75 Å². The summed E-state index contributed by atoms with van der Waals surface area (Å²) < 4.78 is 33.6. The zero-order chi connectivity index (χ0) is 24.3. The summed E-state index contributed by atoms with van der Waals surface area (Å²) in [5, 5.41) is 19.4. The SMILES string of the molecule is COc1ccc(S(=O)(=O)Nc2cc(N=NC(=O)c3cccc(Cl)c3)c(O)c3ccccc23)cc1. The summed E-state index contributed by atoms with van der Waals surface area (Å²) in [4.78, 5) is 12.4. The Labute approximate surface area is 200 Å². The fraction of sp³-hybridized carbons (Fsp3) is 0.0417. The maximum Gasteiger partial charge on any atom is 0.295 e. The number of halogens is 1. The minimum absolute atomic E-state index is 0.0183. The van der Waals surface area contributed by atoms with Crippen LogP contribution in [0.15, 0.2) is 94.0 Å². The van der Waals surface area contributed by atoms with Gasteiger partial charge >= 0.3 is 0 Å². The summed E-state index contributed by atoms with van der Waals surface area (Å²) in [6.07, 6.45) is 0. The number of ether oxygens (including phenoxy) is 1. The van der Waals surface area contributed by atoms with Crippen molar-refractivity contribution in [2.45, 2.75) is 4.90 Å². The number of sulfonamides is 1. The number of hydrogen-bond donors (Lipinski definition) is 2. The van der Waals surface area contributed by atoms with E-state index in [4.69, 9.17) is 16.3 Å². The van der Waals surface area contributed by atoms with Crippen LogP contribution in [0.4, 0.5) is 11.4 Å². The molecule has 0 unspecified atom stereocenters. The molecule has 0 atom stereocenters. The van der Waals surface area contributed by atoms with Gasteiger partial charge in [-0.1, -0.05) is 41.9 Å². The fourth-order valence-electron chi connectivity index (χ4n) is 3.24. The highest BCUT2D eigenvalue weighted by Gasteiger charge is 2.19. The molecule has 10 heteroatoms. The molecule has 0 aliphatic rings. The predicted octanol–water partition coefficient (Wildman–Crippen LogP) is 5.93. The summed E-state index contributed by atoms with van der Waals surface area (Å²) in [6, 6.07) is 20.0. The van der Waals surface area contributed by atoms with Crippen LogP contribution in [0, 0.1) is 0 Å². The molecule has 4 aromatic rings. The summed E-state index contributed by atoms with van der Waals surface area (Å²) in [5.74, 6) is -0.401. The van der Waals surface area contributed by atoms with Gasteiger partial charge in [-0.2, -0.15) is 0 Å². The number of nitrogens with one attached hydrogen (secondary N) is 1. The number of nitrogens with zero attached hydrogens (tertiary/aromatic N) is 2. The second-order valence-corrected chi connectivity index (χ2v) is 9.25. The maximum absolute atomic E-state index is 13.0. The third-order valence-electron chi connectivity index (χ3n) is 4.93. The number of phenols is 1. The highest BCUT2D eigenvalue weighted by Crippen LogP contribution is 2.40. The van der Waals surface area contributed by atoms with E-state index in [1.54, 1.807) is 36.4 Å². The van der Waals surface area contributed by atoms with E-state index in [0.29, 0.717) is 21.5 Å². The van der Waals surface area contributed by atoms with Crippen molar-refractivity contribution in [1.29, 1.82) is 0 Å². The van der Waals surface area contributed by atoms with Crippen molar-refractivity contribution in [2.24, 2.45) is 10.2 Å². The summed E-state index contributed by atoms with van der Waals surface area (Å²) in [5.41, 5.74) is 0.298. The molecular weight excluding hydrogens is 478 g/mol. The van der Waals surface area contributed by atoms with Gasteiger partial charge in [0.1, 0.15) is 11.4 Å². The van der Waals surface area contributed by atoms with E-state index in [-0.39, 0.29) is 27.6 Å². The van der Waals surface area contributed by atoms with Crippen LogP contribution in [0.3, 0.4) is 0 Å². The molecule has 2 N–H and O–H groups in total. The molecule has 0 aliphatic carbocycles. The maximum atomic E-state index is 13.0. The van der Waals surface area contributed by atoms with E-state index in [2.05, 4.69) is 15.0 Å². The highest BCUT2D eigenvalue weighted by molar-refractivity contribution is 7.92. The molecule has 4 aromatic carbocycles. The molecule has 0 radical (unpaired) electrons. The molecule has 172 valence electrons. The van der Waals surface area contributed by atoms with Crippen LogP contribution in [-0.2, 0) is 10.0 Å². The fourth-order valence-corrected chi connectivity index (χ4v) is 4.50. The molecule has 0 saturated carbocycles. The van der Waals surface area contributed by atoms with E-state index in [0.717, 1.165) is 0 Å². The van der Waals surface area contributed by atoms with E-state index >= 15 is 0 Å². The molecule has 0 heterocycles. The Kier molecular flexibility index (Phi) is 6.49.